The number of benzene rings is 2. The van der Waals surface area contributed by atoms with Crippen LogP contribution < -0.4 is 10.1 Å². The van der Waals surface area contributed by atoms with Crippen LogP contribution in [0.4, 0.5) is 0 Å². The molecule has 0 aliphatic carbocycles. The first kappa shape index (κ1) is 16.8. The van der Waals surface area contributed by atoms with Gasteiger partial charge in [0, 0.05) is 6.42 Å². The van der Waals surface area contributed by atoms with Crippen LogP contribution in [-0.4, -0.2) is 29.8 Å². The second kappa shape index (κ2) is 8.19. The quantitative estimate of drug-likeness (QED) is 0.732. The molecular weight excluding hydrogens is 294 g/mol. The molecule has 3 N–H and O–H groups in total. The summed E-state index contributed by atoms with van der Waals surface area (Å²) in [6.45, 7) is -0.182. The van der Waals surface area contributed by atoms with E-state index in [9.17, 15) is 15.0 Å². The van der Waals surface area contributed by atoms with E-state index in [4.69, 9.17) is 4.74 Å². The molecule has 0 unspecified atom stereocenters. The predicted octanol–water partition coefficient (Wildman–Crippen LogP) is 2.18. The lowest BCUT2D eigenvalue weighted by molar-refractivity contribution is -0.122. The summed E-state index contributed by atoms with van der Waals surface area (Å²) in [6, 6.07) is 13.6. The number of ether oxygens (including phenoxy) is 1. The number of carbonyl (C=O) groups excluding carboxylic acids is 1. The van der Waals surface area contributed by atoms with Gasteiger partial charge in [-0.05, 0) is 41.8 Å². The van der Waals surface area contributed by atoms with Crippen LogP contribution in [-0.2, 0) is 11.2 Å². The molecule has 2 aromatic carbocycles. The maximum absolute atomic E-state index is 12.1. The van der Waals surface area contributed by atoms with Gasteiger partial charge in [-0.2, -0.15) is 0 Å². The van der Waals surface area contributed by atoms with Crippen molar-refractivity contribution in [2.45, 2.75) is 18.9 Å². The summed E-state index contributed by atoms with van der Waals surface area (Å²) in [5.74, 6) is 0.746. The number of phenolic OH excluding ortho intramolecular Hbond substituents is 1. The van der Waals surface area contributed by atoms with Crippen molar-refractivity contribution in [2.75, 3.05) is 13.7 Å². The summed E-state index contributed by atoms with van der Waals surface area (Å²) in [7, 11) is 1.57. The van der Waals surface area contributed by atoms with Crippen LogP contribution in [0.3, 0.4) is 0 Å². The van der Waals surface area contributed by atoms with Crippen LogP contribution in [0.15, 0.2) is 48.5 Å². The number of phenols is 1. The summed E-state index contributed by atoms with van der Waals surface area (Å²) >= 11 is 0. The molecule has 0 fully saturated rings. The number of hydrogen-bond donors (Lipinski definition) is 3. The van der Waals surface area contributed by atoms with Gasteiger partial charge in [-0.3, -0.25) is 4.79 Å². The fourth-order valence-electron chi connectivity index (χ4n) is 2.28. The summed E-state index contributed by atoms with van der Waals surface area (Å²) in [5, 5.41) is 21.6. The van der Waals surface area contributed by atoms with Gasteiger partial charge in [-0.15, -0.1) is 0 Å². The second-order valence-electron chi connectivity index (χ2n) is 5.25. The lowest BCUT2D eigenvalue weighted by Gasteiger charge is -2.17. The van der Waals surface area contributed by atoms with Crippen molar-refractivity contribution in [1.82, 2.24) is 5.32 Å². The Kier molecular flexibility index (Phi) is 6.00. The predicted molar refractivity (Wildman–Crippen MR) is 87.4 cm³/mol. The van der Waals surface area contributed by atoms with Crippen LogP contribution in [0.5, 0.6) is 11.5 Å². The van der Waals surface area contributed by atoms with Crippen LogP contribution in [0.1, 0.15) is 23.6 Å². The van der Waals surface area contributed by atoms with Gasteiger partial charge in [0.1, 0.15) is 11.5 Å². The Morgan fingerprint density at radius 2 is 1.96 bits per heavy atom. The van der Waals surface area contributed by atoms with Crippen molar-refractivity contribution < 1.29 is 19.7 Å². The number of aliphatic hydroxyl groups is 1. The second-order valence-corrected chi connectivity index (χ2v) is 5.25. The zero-order valence-corrected chi connectivity index (χ0v) is 13.0. The maximum atomic E-state index is 12.1. The molecule has 122 valence electrons. The van der Waals surface area contributed by atoms with Crippen molar-refractivity contribution in [1.29, 1.82) is 0 Å². The van der Waals surface area contributed by atoms with Gasteiger partial charge in [0.2, 0.25) is 5.91 Å². The first-order chi connectivity index (χ1) is 11.1. The zero-order chi connectivity index (χ0) is 16.7. The van der Waals surface area contributed by atoms with Crippen LogP contribution in [0.2, 0.25) is 0 Å². The van der Waals surface area contributed by atoms with Crippen LogP contribution in [0, 0.1) is 0 Å². The first-order valence-electron chi connectivity index (χ1n) is 7.44. The molecule has 0 spiro atoms. The fourth-order valence-corrected chi connectivity index (χ4v) is 2.28. The molecule has 0 saturated carbocycles. The minimum Gasteiger partial charge on any atom is -0.508 e. The number of carbonyl (C=O) groups is 1. The number of amides is 1. The zero-order valence-electron chi connectivity index (χ0n) is 13.0. The highest BCUT2D eigenvalue weighted by molar-refractivity contribution is 5.76. The molecule has 0 saturated heterocycles. The Labute approximate surface area is 135 Å². The molecule has 0 heterocycles. The van der Waals surface area contributed by atoms with Crippen molar-refractivity contribution >= 4 is 5.91 Å². The number of methoxy groups -OCH3 is 1. The number of aliphatic hydroxyl groups excluding tert-OH is 1. The molecule has 2 rings (SSSR count). The van der Waals surface area contributed by atoms with E-state index in [0.717, 1.165) is 11.1 Å². The normalized spacial score (nSPS) is 11.7. The molecule has 23 heavy (non-hydrogen) atoms. The lowest BCUT2D eigenvalue weighted by Crippen LogP contribution is -2.30. The Morgan fingerprint density at radius 1 is 1.22 bits per heavy atom. The van der Waals surface area contributed by atoms with Crippen molar-refractivity contribution in [2.24, 2.45) is 0 Å². The third-order valence-electron chi connectivity index (χ3n) is 3.59. The van der Waals surface area contributed by atoms with E-state index in [1.165, 1.54) is 0 Å². The van der Waals surface area contributed by atoms with Gasteiger partial charge in [0.25, 0.3) is 0 Å². The van der Waals surface area contributed by atoms with Gasteiger partial charge in [0.05, 0.1) is 19.8 Å². The molecular formula is C18H21NO4. The molecule has 5 nitrogen and oxygen atoms in total. The molecule has 0 aromatic heterocycles. The van der Waals surface area contributed by atoms with Gasteiger partial charge in [0.15, 0.2) is 0 Å². The van der Waals surface area contributed by atoms with E-state index >= 15 is 0 Å². The van der Waals surface area contributed by atoms with Crippen LogP contribution >= 0.6 is 0 Å². The fraction of sp³-hybridized carbons (Fsp3) is 0.278. The molecule has 0 aliphatic rings. The van der Waals surface area contributed by atoms with Crippen molar-refractivity contribution in [3.8, 4) is 11.5 Å². The highest BCUT2D eigenvalue weighted by Crippen LogP contribution is 2.19. The molecule has 2 aromatic rings. The summed E-state index contributed by atoms with van der Waals surface area (Å²) in [5.41, 5.74) is 1.77. The van der Waals surface area contributed by atoms with Crippen LogP contribution in [0.25, 0.3) is 0 Å². The first-order valence-corrected chi connectivity index (χ1v) is 7.44. The average Bonchev–Trinajstić information content (AvgIpc) is 2.59. The Balaban J connectivity index is 1.92. The lowest BCUT2D eigenvalue weighted by atomic mass is 10.1. The third-order valence-corrected chi connectivity index (χ3v) is 3.59. The van der Waals surface area contributed by atoms with Crippen molar-refractivity contribution in [3.63, 3.8) is 0 Å². The molecule has 0 radical (unpaired) electrons. The Hall–Kier alpha value is -2.53. The van der Waals surface area contributed by atoms with E-state index < -0.39 is 6.04 Å². The molecule has 0 bridgehead atoms. The molecule has 1 amide bonds. The van der Waals surface area contributed by atoms with Gasteiger partial charge in [-0.1, -0.05) is 24.3 Å². The molecule has 1 atom stereocenters. The van der Waals surface area contributed by atoms with Gasteiger partial charge in [-0.25, -0.2) is 0 Å². The highest BCUT2D eigenvalue weighted by atomic mass is 16.5. The maximum Gasteiger partial charge on any atom is 0.220 e. The van der Waals surface area contributed by atoms with Gasteiger partial charge < -0.3 is 20.3 Å². The summed E-state index contributed by atoms with van der Waals surface area (Å²) < 4.78 is 5.15. The number of hydrogen-bond acceptors (Lipinski definition) is 4. The van der Waals surface area contributed by atoms with Gasteiger partial charge >= 0.3 is 0 Å². The third kappa shape index (κ3) is 5.00. The topological polar surface area (TPSA) is 78.8 Å². The standard InChI is InChI=1S/C18H21NO4/c1-23-16-4-2-3-14(11-16)17(12-20)19-18(22)10-7-13-5-8-15(21)9-6-13/h2-6,8-9,11,17,20-21H,7,10,12H2,1H3,(H,19,22)/t17-/m0/s1. The number of aromatic hydroxyl groups is 1. The minimum absolute atomic E-state index is 0.139. The number of rotatable bonds is 7. The van der Waals surface area contributed by atoms with Crippen molar-refractivity contribution in [3.05, 3.63) is 59.7 Å². The SMILES string of the molecule is COc1cccc([C@H](CO)NC(=O)CCc2ccc(O)cc2)c1. The number of aryl methyl sites for hydroxylation is 1. The number of nitrogens with one attached hydrogen (secondary N) is 1. The molecule has 0 aliphatic heterocycles. The minimum atomic E-state index is -0.461. The largest absolute Gasteiger partial charge is 0.508 e. The van der Waals surface area contributed by atoms with E-state index in [1.807, 2.05) is 18.2 Å². The van der Waals surface area contributed by atoms with E-state index in [2.05, 4.69) is 5.32 Å². The van der Waals surface area contributed by atoms with E-state index in [-0.39, 0.29) is 18.3 Å². The summed E-state index contributed by atoms with van der Waals surface area (Å²) in [4.78, 5) is 12.1. The average molecular weight is 315 g/mol. The highest BCUT2D eigenvalue weighted by Gasteiger charge is 2.14. The summed E-state index contributed by atoms with van der Waals surface area (Å²) in [6.07, 6.45) is 0.883. The van der Waals surface area contributed by atoms with E-state index in [1.54, 1.807) is 37.4 Å². The molecule has 5 heteroatoms. The smallest absolute Gasteiger partial charge is 0.220 e. The Bertz CT molecular complexity index is 640. The van der Waals surface area contributed by atoms with E-state index in [0.29, 0.717) is 18.6 Å². The monoisotopic (exact) mass is 315 g/mol. The Morgan fingerprint density at radius 3 is 2.61 bits per heavy atom.